The highest BCUT2D eigenvalue weighted by molar-refractivity contribution is 5.77. The van der Waals surface area contributed by atoms with E-state index in [0.29, 0.717) is 6.61 Å². The predicted molar refractivity (Wildman–Crippen MR) is 76.4 cm³/mol. The van der Waals surface area contributed by atoms with Crippen molar-refractivity contribution in [3.05, 3.63) is 10.4 Å². The smallest absolute Gasteiger partial charge is 0.408 e. The molecule has 0 aliphatic carbocycles. The zero-order chi connectivity index (χ0) is 21.1. The number of nitrogens with zero attached hydrogens (tertiary/aromatic N) is 4. The third kappa shape index (κ3) is 54.2. The molecular formula is C10H21N5O8. The highest BCUT2D eigenvalue weighted by Gasteiger charge is 1.93. The van der Waals surface area contributed by atoms with E-state index in [4.69, 9.17) is 19.7 Å². The van der Waals surface area contributed by atoms with Crippen molar-refractivity contribution in [2.24, 2.45) is 10.1 Å². The Kier molecular flexibility index (Phi) is 28.2. The van der Waals surface area contributed by atoms with Gasteiger partial charge in [-0.2, -0.15) is 4.99 Å². The molecule has 0 rings (SSSR count). The van der Waals surface area contributed by atoms with Crippen molar-refractivity contribution in [1.29, 1.82) is 4.29 Å². The SMILES string of the molecule is CCO.[2H]OCC(=O)N=[N+]=[N-].[2H]OCN=C=O.[2H]OCNC(=O)OCC. The van der Waals surface area contributed by atoms with E-state index in [0.717, 1.165) is 0 Å². The van der Waals surface area contributed by atoms with E-state index in [2.05, 4.69) is 40.4 Å². The fraction of sp³-hybridized carbons (Fsp3) is 0.700. The number of alkyl carbamates (subject to hydrolysis) is 1. The van der Waals surface area contributed by atoms with E-state index in [9.17, 15) is 9.59 Å². The summed E-state index contributed by atoms with van der Waals surface area (Å²) in [5, 5.41) is 23.3. The molecular weight excluding hydrogens is 318 g/mol. The summed E-state index contributed by atoms with van der Waals surface area (Å²) < 4.78 is 22.5. The number of hydrogen-bond acceptors (Lipinski definition) is 9. The van der Waals surface area contributed by atoms with Gasteiger partial charge >= 0.3 is 6.09 Å². The lowest BCUT2D eigenvalue weighted by Crippen LogP contribution is -2.24. The number of amides is 2. The Hall–Kier alpha value is -2.53. The minimum Gasteiger partial charge on any atom is -0.450 e. The van der Waals surface area contributed by atoms with Gasteiger partial charge in [-0.25, -0.2) is 9.59 Å². The standard InChI is InChI=1S/C4H9NO3.C2H3N3O2.C2H3NO2.C2H6O/c1-2-8-4(7)5-3-6;3-5-4-2(7)1-6;4-1-3-2-5;1-2-3/h6H,2-3H2,1H3,(H,5,7);6H,1H2;4H,1H2;3H,2H2,1H3/i2*6D;4D;. The molecule has 0 radical (unpaired) electrons. The Morgan fingerprint density at radius 2 is 2.04 bits per heavy atom. The van der Waals surface area contributed by atoms with Gasteiger partial charge in [0.1, 0.15) is 20.1 Å². The lowest BCUT2D eigenvalue weighted by Gasteiger charge is -1.98. The lowest BCUT2D eigenvalue weighted by atomic mass is 10.7. The number of aliphatic hydroxyl groups excluding tert-OH is 4. The Balaban J connectivity index is -0.000000132. The molecule has 0 bridgehead atoms. The minimum atomic E-state index is -0.789. The predicted octanol–water partition coefficient (Wildman–Crippen LogP) is -1.23. The molecule has 0 aromatic carbocycles. The van der Waals surface area contributed by atoms with Gasteiger partial charge in [-0.3, -0.25) is 10.1 Å². The van der Waals surface area contributed by atoms with Gasteiger partial charge in [0.05, 0.1) is 6.61 Å². The second-order valence-corrected chi connectivity index (χ2v) is 2.46. The van der Waals surface area contributed by atoms with Gasteiger partial charge in [0.2, 0.25) is 16.3 Å². The molecule has 2 amide bonds. The van der Waals surface area contributed by atoms with Crippen LogP contribution >= 0.6 is 0 Å². The van der Waals surface area contributed by atoms with Crippen molar-refractivity contribution < 1.29 is 39.6 Å². The van der Waals surface area contributed by atoms with Gasteiger partial charge in [0.25, 0.3) is 0 Å². The lowest BCUT2D eigenvalue weighted by molar-refractivity contribution is -0.120. The summed E-state index contributed by atoms with van der Waals surface area (Å²) in [6, 6.07) is 0. The van der Waals surface area contributed by atoms with E-state index < -0.39 is 18.6 Å². The summed E-state index contributed by atoms with van der Waals surface area (Å²) in [6.45, 7) is 3.11. The number of rotatable bonds is 7. The first-order valence-corrected chi connectivity index (χ1v) is 5.82. The van der Waals surface area contributed by atoms with Crippen LogP contribution in [0, 0.1) is 0 Å². The molecule has 23 heavy (non-hydrogen) atoms. The fourth-order valence-corrected chi connectivity index (χ4v) is 0.346. The quantitative estimate of drug-likeness (QED) is 0.0939. The van der Waals surface area contributed by atoms with E-state index in [1.165, 1.54) is 6.08 Å². The van der Waals surface area contributed by atoms with Crippen LogP contribution in [0.25, 0.3) is 10.4 Å². The largest absolute Gasteiger partial charge is 0.450 e. The molecule has 0 atom stereocenters. The third-order valence-electron chi connectivity index (χ3n) is 0.901. The number of isocyanates is 1. The zero-order valence-electron chi connectivity index (χ0n) is 15.6. The molecule has 0 unspecified atom stereocenters. The van der Waals surface area contributed by atoms with E-state index in [1.807, 2.05) is 0 Å². The molecule has 0 heterocycles. The normalized spacial score (nSPS) is 8.74. The van der Waals surface area contributed by atoms with Crippen LogP contribution in [0.1, 0.15) is 13.8 Å². The molecule has 13 heteroatoms. The first kappa shape index (κ1) is 20.5. The Morgan fingerprint density at radius 3 is 2.39 bits per heavy atom. The van der Waals surface area contributed by atoms with Gasteiger partial charge in [-0.1, -0.05) is 0 Å². The molecule has 0 aromatic heterocycles. The summed E-state index contributed by atoms with van der Waals surface area (Å²) >= 11 is 0. The number of aliphatic hydroxyl groups is 4. The number of nitrogens with one attached hydrogen (secondary N) is 1. The first-order valence-electron chi connectivity index (χ1n) is 7.05. The summed E-state index contributed by atoms with van der Waals surface area (Å²) in [6.07, 6.45) is 0.634. The summed E-state index contributed by atoms with van der Waals surface area (Å²) in [5.74, 6) is -0.789. The van der Waals surface area contributed by atoms with Crippen LogP contribution in [0.5, 0.6) is 0 Å². The van der Waals surface area contributed by atoms with Gasteiger partial charge in [-0.05, 0) is 24.5 Å². The van der Waals surface area contributed by atoms with Crippen LogP contribution in [0.4, 0.5) is 4.79 Å². The van der Waals surface area contributed by atoms with Crippen molar-refractivity contribution in [3.63, 3.8) is 0 Å². The molecule has 0 fully saturated rings. The maximum absolute atomic E-state index is 10.3. The summed E-state index contributed by atoms with van der Waals surface area (Å²) in [4.78, 5) is 34.4. The van der Waals surface area contributed by atoms with Crippen molar-refractivity contribution >= 4 is 18.1 Å². The van der Waals surface area contributed by atoms with Gasteiger partial charge < -0.3 is 25.2 Å². The van der Waals surface area contributed by atoms with Crippen LogP contribution in [-0.4, -0.2) is 76.1 Å². The van der Waals surface area contributed by atoms with Crippen molar-refractivity contribution in [1.82, 2.24) is 5.32 Å². The minimum absolute atomic E-state index is 0.140. The highest BCUT2D eigenvalue weighted by atomic mass is 16.5. The van der Waals surface area contributed by atoms with Crippen LogP contribution in [-0.2, 0) is 14.3 Å². The third-order valence-corrected chi connectivity index (χ3v) is 0.901. The average molecular weight is 342 g/mol. The van der Waals surface area contributed by atoms with Gasteiger partial charge in [0.15, 0.2) is 0 Å². The monoisotopic (exact) mass is 342 g/mol. The Morgan fingerprint density at radius 1 is 1.39 bits per heavy atom. The Bertz CT molecular complexity index is 419. The van der Waals surface area contributed by atoms with E-state index in [1.54, 1.807) is 13.8 Å². The number of azide groups is 1. The van der Waals surface area contributed by atoms with E-state index >= 15 is 0 Å². The van der Waals surface area contributed by atoms with Crippen molar-refractivity contribution in [2.45, 2.75) is 13.8 Å². The number of ether oxygens (including phenoxy) is 1. The molecule has 13 nitrogen and oxygen atoms in total. The number of carbonyl (C=O) groups is 2. The maximum Gasteiger partial charge on any atom is 0.408 e. The second kappa shape index (κ2) is 31.7. The van der Waals surface area contributed by atoms with Crippen LogP contribution in [0.2, 0.25) is 0 Å². The average Bonchev–Trinajstić information content (AvgIpc) is 2.61. The van der Waals surface area contributed by atoms with E-state index in [-0.39, 0.29) is 20.1 Å². The molecule has 5 N–H and O–H groups in total. The zero-order valence-corrected chi connectivity index (χ0v) is 12.6. The van der Waals surface area contributed by atoms with Gasteiger partial charge in [-0.15, -0.1) is 0 Å². The second-order valence-electron chi connectivity index (χ2n) is 2.46. The first-order chi connectivity index (χ1) is 12.4. The van der Waals surface area contributed by atoms with Gasteiger partial charge in [0, 0.05) is 11.5 Å². The van der Waals surface area contributed by atoms with Crippen LogP contribution in [0.3, 0.4) is 0 Å². The van der Waals surface area contributed by atoms with Crippen LogP contribution < -0.4 is 5.32 Å². The van der Waals surface area contributed by atoms with Crippen LogP contribution in [0.15, 0.2) is 10.1 Å². The summed E-state index contributed by atoms with van der Waals surface area (Å²) in [5.41, 5.74) is 7.58. The molecule has 0 aliphatic heterocycles. The Labute approximate surface area is 136 Å². The molecule has 0 saturated carbocycles. The van der Waals surface area contributed by atoms with Crippen molar-refractivity contribution in [2.75, 3.05) is 33.3 Å². The highest BCUT2D eigenvalue weighted by Crippen LogP contribution is 1.72. The fourth-order valence-electron chi connectivity index (χ4n) is 0.346. The topological polar surface area (TPSA) is 215 Å². The summed E-state index contributed by atoms with van der Waals surface area (Å²) in [7, 11) is 0. The molecule has 0 spiro atoms. The number of aliphatic imine (C=N–C) groups is 1. The molecule has 0 aromatic rings. The number of hydrogen-bond donors (Lipinski definition) is 5. The molecule has 134 valence electrons. The molecule has 0 aliphatic rings. The van der Waals surface area contributed by atoms with Crippen molar-refractivity contribution in [3.8, 4) is 0 Å². The maximum atomic E-state index is 10.3. The molecule has 0 saturated heterocycles. The number of carbonyl (C=O) groups excluding carboxylic acids is 3.